The molecule has 2 rings (SSSR count). The molecule has 0 aliphatic rings. The SMILES string of the molecule is O=C([O-])COc1ccc(NC(=O)/C=C/c2ccco2)cc1. The number of amides is 1. The summed E-state index contributed by atoms with van der Waals surface area (Å²) in [6.07, 6.45) is 4.41. The van der Waals surface area contributed by atoms with Gasteiger partial charge in [0.15, 0.2) is 0 Å². The van der Waals surface area contributed by atoms with Crippen LogP contribution in [0.4, 0.5) is 5.69 Å². The molecule has 0 spiro atoms. The zero-order chi connectivity index (χ0) is 15.1. The molecule has 0 saturated carbocycles. The molecule has 0 unspecified atom stereocenters. The smallest absolute Gasteiger partial charge is 0.248 e. The Balaban J connectivity index is 1.87. The van der Waals surface area contributed by atoms with Crippen LogP contribution in [0.5, 0.6) is 5.75 Å². The molecule has 0 radical (unpaired) electrons. The van der Waals surface area contributed by atoms with Crippen LogP contribution in [0.2, 0.25) is 0 Å². The topological polar surface area (TPSA) is 91.6 Å². The van der Waals surface area contributed by atoms with Crippen LogP contribution in [0.15, 0.2) is 53.2 Å². The highest BCUT2D eigenvalue weighted by Gasteiger charge is 2.00. The van der Waals surface area contributed by atoms with Crippen molar-refractivity contribution in [3.63, 3.8) is 0 Å². The minimum atomic E-state index is -1.30. The molecular weight excluding hydrogens is 274 g/mol. The summed E-state index contributed by atoms with van der Waals surface area (Å²) in [5, 5.41) is 12.9. The Labute approximate surface area is 120 Å². The number of aliphatic carboxylic acids is 1. The first-order valence-corrected chi connectivity index (χ1v) is 6.09. The van der Waals surface area contributed by atoms with E-state index in [4.69, 9.17) is 9.15 Å². The molecule has 1 aromatic carbocycles. The van der Waals surface area contributed by atoms with Gasteiger partial charge in [0, 0.05) is 11.8 Å². The highest BCUT2D eigenvalue weighted by atomic mass is 16.5. The molecule has 21 heavy (non-hydrogen) atoms. The number of hydrogen-bond donors (Lipinski definition) is 1. The number of carbonyl (C=O) groups excluding carboxylic acids is 2. The summed E-state index contributed by atoms with van der Waals surface area (Å²) in [6.45, 7) is -0.516. The second-order valence-corrected chi connectivity index (χ2v) is 4.02. The molecule has 1 amide bonds. The third-order valence-electron chi connectivity index (χ3n) is 2.42. The van der Waals surface area contributed by atoms with E-state index in [9.17, 15) is 14.7 Å². The number of carbonyl (C=O) groups is 2. The van der Waals surface area contributed by atoms with E-state index in [0.29, 0.717) is 17.2 Å². The number of hydrogen-bond acceptors (Lipinski definition) is 5. The van der Waals surface area contributed by atoms with Gasteiger partial charge in [-0.2, -0.15) is 0 Å². The lowest BCUT2D eigenvalue weighted by Crippen LogP contribution is -2.28. The Morgan fingerprint density at radius 1 is 1.24 bits per heavy atom. The number of benzene rings is 1. The molecule has 6 nitrogen and oxygen atoms in total. The van der Waals surface area contributed by atoms with Gasteiger partial charge in [0.25, 0.3) is 0 Å². The summed E-state index contributed by atoms with van der Waals surface area (Å²) >= 11 is 0. The van der Waals surface area contributed by atoms with Crippen molar-refractivity contribution in [1.82, 2.24) is 0 Å². The molecule has 1 aromatic heterocycles. The maximum Gasteiger partial charge on any atom is 0.248 e. The Morgan fingerprint density at radius 2 is 2.00 bits per heavy atom. The summed E-state index contributed by atoms with van der Waals surface area (Å²) in [5.74, 6) is -0.648. The normalized spacial score (nSPS) is 10.5. The van der Waals surface area contributed by atoms with Crippen LogP contribution in [0.3, 0.4) is 0 Å². The molecule has 108 valence electrons. The molecule has 0 saturated heterocycles. The zero-order valence-corrected chi connectivity index (χ0v) is 10.9. The van der Waals surface area contributed by atoms with Gasteiger partial charge in [-0.3, -0.25) is 4.79 Å². The fraction of sp³-hybridized carbons (Fsp3) is 0.0667. The number of ether oxygens (including phenoxy) is 1. The van der Waals surface area contributed by atoms with Gasteiger partial charge < -0.3 is 24.4 Å². The van der Waals surface area contributed by atoms with E-state index in [1.165, 1.54) is 12.3 Å². The quantitative estimate of drug-likeness (QED) is 0.802. The van der Waals surface area contributed by atoms with Crippen LogP contribution in [-0.2, 0) is 9.59 Å². The molecule has 0 fully saturated rings. The van der Waals surface area contributed by atoms with Gasteiger partial charge in [0.2, 0.25) is 5.91 Å². The Hall–Kier alpha value is -3.02. The highest BCUT2D eigenvalue weighted by Crippen LogP contribution is 2.15. The largest absolute Gasteiger partial charge is 0.546 e. The predicted molar refractivity (Wildman–Crippen MR) is 73.3 cm³/mol. The summed E-state index contributed by atoms with van der Waals surface area (Å²) < 4.78 is 9.98. The molecule has 0 atom stereocenters. The third kappa shape index (κ3) is 4.87. The second-order valence-electron chi connectivity index (χ2n) is 4.02. The van der Waals surface area contributed by atoms with Gasteiger partial charge in [0.05, 0.1) is 12.2 Å². The monoisotopic (exact) mass is 286 g/mol. The fourth-order valence-corrected chi connectivity index (χ4v) is 1.50. The van der Waals surface area contributed by atoms with Gasteiger partial charge in [-0.15, -0.1) is 0 Å². The van der Waals surface area contributed by atoms with E-state index >= 15 is 0 Å². The minimum absolute atomic E-state index is 0.310. The van der Waals surface area contributed by atoms with E-state index in [1.807, 2.05) is 0 Å². The minimum Gasteiger partial charge on any atom is -0.546 e. The second kappa shape index (κ2) is 6.95. The van der Waals surface area contributed by atoms with Gasteiger partial charge in [-0.25, -0.2) is 0 Å². The van der Waals surface area contributed by atoms with E-state index < -0.39 is 12.6 Å². The average molecular weight is 286 g/mol. The predicted octanol–water partition coefficient (Wildman–Crippen LogP) is 1.06. The number of rotatable bonds is 6. The first kappa shape index (κ1) is 14.4. The Morgan fingerprint density at radius 3 is 2.62 bits per heavy atom. The standard InChI is InChI=1S/C15H13NO5/c17-14(8-7-12-2-1-9-20-12)16-11-3-5-13(6-4-11)21-10-15(18)19/h1-9H,10H2,(H,16,17)(H,18,19)/p-1/b8-7+. The number of carboxylic acids is 1. The molecular formula is C15H12NO5-. The molecule has 0 aliphatic carbocycles. The summed E-state index contributed by atoms with van der Waals surface area (Å²) in [6, 6.07) is 9.76. The molecule has 0 aliphatic heterocycles. The highest BCUT2D eigenvalue weighted by molar-refractivity contribution is 6.01. The van der Waals surface area contributed by atoms with Gasteiger partial charge in [0.1, 0.15) is 18.1 Å². The lowest BCUT2D eigenvalue weighted by atomic mass is 10.3. The summed E-state index contributed by atoms with van der Waals surface area (Å²) in [5.41, 5.74) is 0.560. The van der Waals surface area contributed by atoms with Gasteiger partial charge in [-0.05, 0) is 42.5 Å². The number of nitrogens with one attached hydrogen (secondary N) is 1. The van der Waals surface area contributed by atoms with Crippen molar-refractivity contribution in [1.29, 1.82) is 0 Å². The lowest BCUT2D eigenvalue weighted by Gasteiger charge is -2.07. The third-order valence-corrected chi connectivity index (χ3v) is 2.42. The van der Waals surface area contributed by atoms with E-state index in [2.05, 4.69) is 5.32 Å². The molecule has 1 heterocycles. The molecule has 1 N–H and O–H groups in total. The van der Waals surface area contributed by atoms with Crippen LogP contribution in [0, 0.1) is 0 Å². The van der Waals surface area contributed by atoms with Gasteiger partial charge >= 0.3 is 0 Å². The number of anilines is 1. The van der Waals surface area contributed by atoms with Crippen molar-refractivity contribution < 1.29 is 23.8 Å². The van der Waals surface area contributed by atoms with Crippen molar-refractivity contribution >= 4 is 23.6 Å². The Bertz CT molecular complexity index is 629. The van der Waals surface area contributed by atoms with Crippen molar-refractivity contribution in [2.24, 2.45) is 0 Å². The van der Waals surface area contributed by atoms with Crippen molar-refractivity contribution in [2.45, 2.75) is 0 Å². The maximum absolute atomic E-state index is 11.7. The molecule has 2 aromatic rings. The van der Waals surface area contributed by atoms with Crippen LogP contribution in [0.25, 0.3) is 6.08 Å². The van der Waals surface area contributed by atoms with Crippen molar-refractivity contribution in [2.75, 3.05) is 11.9 Å². The summed E-state index contributed by atoms with van der Waals surface area (Å²) in [4.78, 5) is 21.9. The Kier molecular flexibility index (Phi) is 4.76. The van der Waals surface area contributed by atoms with Crippen LogP contribution in [-0.4, -0.2) is 18.5 Å². The first-order chi connectivity index (χ1) is 10.1. The van der Waals surface area contributed by atoms with Crippen molar-refractivity contribution in [3.8, 4) is 5.75 Å². The summed E-state index contributed by atoms with van der Waals surface area (Å²) in [7, 11) is 0. The van der Waals surface area contributed by atoms with Crippen LogP contribution < -0.4 is 15.2 Å². The van der Waals surface area contributed by atoms with E-state index in [-0.39, 0.29) is 5.91 Å². The van der Waals surface area contributed by atoms with Crippen LogP contribution in [0.1, 0.15) is 5.76 Å². The van der Waals surface area contributed by atoms with Crippen LogP contribution >= 0.6 is 0 Å². The molecule has 0 bridgehead atoms. The lowest BCUT2D eigenvalue weighted by molar-refractivity contribution is -0.307. The molecule has 6 heteroatoms. The van der Waals surface area contributed by atoms with E-state index in [1.54, 1.807) is 42.5 Å². The maximum atomic E-state index is 11.7. The van der Waals surface area contributed by atoms with Crippen molar-refractivity contribution in [3.05, 3.63) is 54.5 Å². The first-order valence-electron chi connectivity index (χ1n) is 6.09. The number of furan rings is 1. The number of carboxylic acid groups (broad SMARTS) is 1. The fourth-order valence-electron chi connectivity index (χ4n) is 1.50. The van der Waals surface area contributed by atoms with E-state index in [0.717, 1.165) is 0 Å². The average Bonchev–Trinajstić information content (AvgIpc) is 2.98. The zero-order valence-electron chi connectivity index (χ0n) is 10.9. The van der Waals surface area contributed by atoms with Gasteiger partial charge in [-0.1, -0.05) is 0 Å².